The van der Waals surface area contributed by atoms with E-state index in [2.05, 4.69) is 10.6 Å². The molecule has 1 fully saturated rings. The maximum Gasteiger partial charge on any atom is 0.243 e. The molecule has 0 spiro atoms. The van der Waals surface area contributed by atoms with Crippen LogP contribution in [0.3, 0.4) is 0 Å². The highest BCUT2D eigenvalue weighted by Gasteiger charge is 2.34. The summed E-state index contributed by atoms with van der Waals surface area (Å²) in [7, 11) is -2.05. The van der Waals surface area contributed by atoms with Crippen LogP contribution in [0.25, 0.3) is 0 Å². The monoisotopic (exact) mass is 437 g/mol. The van der Waals surface area contributed by atoms with Crippen LogP contribution in [-0.4, -0.2) is 50.7 Å². The molecular weight excluding hydrogens is 402 g/mol. The van der Waals surface area contributed by atoms with Crippen molar-refractivity contribution in [2.75, 3.05) is 20.1 Å². The van der Waals surface area contributed by atoms with Crippen molar-refractivity contribution in [3.63, 3.8) is 0 Å². The molecule has 8 heteroatoms. The second-order valence-corrected chi connectivity index (χ2v) is 10.6. The van der Waals surface area contributed by atoms with Crippen LogP contribution in [0.15, 0.2) is 17.0 Å². The summed E-state index contributed by atoms with van der Waals surface area (Å²) in [4.78, 5) is 25.2. The number of hydrogen-bond acceptors (Lipinski definition) is 4. The molecule has 2 rings (SSSR count). The number of nitrogens with zero attached hydrogens (tertiary/aromatic N) is 1. The van der Waals surface area contributed by atoms with Gasteiger partial charge >= 0.3 is 0 Å². The van der Waals surface area contributed by atoms with Crippen molar-refractivity contribution >= 4 is 21.8 Å². The van der Waals surface area contributed by atoms with E-state index in [4.69, 9.17) is 0 Å². The fourth-order valence-corrected chi connectivity index (χ4v) is 6.11. The fourth-order valence-electron chi connectivity index (χ4n) is 4.23. The van der Waals surface area contributed by atoms with Gasteiger partial charge in [-0.15, -0.1) is 0 Å². The SMILES string of the molecule is CNC(=O)C(CC(C)C)NC(=O)C1CCN(S(=O)(=O)c2c(C)cc(C)cc2C)CC1. The summed E-state index contributed by atoms with van der Waals surface area (Å²) < 4.78 is 27.9. The summed E-state index contributed by atoms with van der Waals surface area (Å²) in [5.41, 5.74) is 2.52. The predicted octanol–water partition coefficient (Wildman–Crippen LogP) is 2.29. The van der Waals surface area contributed by atoms with E-state index < -0.39 is 16.1 Å². The summed E-state index contributed by atoms with van der Waals surface area (Å²) in [6.45, 7) is 10.2. The lowest BCUT2D eigenvalue weighted by molar-refractivity contribution is -0.132. The molecule has 2 amide bonds. The standard InChI is InChI=1S/C22H35N3O4S/c1-14(2)11-19(22(27)23-6)24-21(26)18-7-9-25(10-8-18)30(28,29)20-16(4)12-15(3)13-17(20)5/h12-14,18-19H,7-11H2,1-6H3,(H,23,27)(H,24,26). The summed E-state index contributed by atoms with van der Waals surface area (Å²) in [6.07, 6.45) is 1.44. The van der Waals surface area contributed by atoms with Crippen molar-refractivity contribution in [2.24, 2.45) is 11.8 Å². The van der Waals surface area contributed by atoms with E-state index in [9.17, 15) is 18.0 Å². The lowest BCUT2D eigenvalue weighted by Crippen LogP contribution is -2.50. The molecule has 2 N–H and O–H groups in total. The fraction of sp³-hybridized carbons (Fsp3) is 0.636. The van der Waals surface area contributed by atoms with Crippen LogP contribution in [0.4, 0.5) is 0 Å². The Hall–Kier alpha value is -1.93. The van der Waals surface area contributed by atoms with Crippen LogP contribution in [0.2, 0.25) is 0 Å². The first kappa shape index (κ1) is 24.3. The number of likely N-dealkylation sites (N-methyl/N-ethyl adjacent to an activating group) is 1. The zero-order valence-electron chi connectivity index (χ0n) is 18.9. The highest BCUT2D eigenvalue weighted by molar-refractivity contribution is 7.89. The van der Waals surface area contributed by atoms with Gasteiger partial charge in [-0.1, -0.05) is 31.5 Å². The van der Waals surface area contributed by atoms with Crippen LogP contribution in [0, 0.1) is 32.6 Å². The number of aryl methyl sites for hydroxylation is 3. The molecule has 0 aliphatic carbocycles. The third-order valence-electron chi connectivity index (χ3n) is 5.61. The Morgan fingerprint density at radius 3 is 2.10 bits per heavy atom. The van der Waals surface area contributed by atoms with Crippen LogP contribution < -0.4 is 10.6 Å². The number of sulfonamides is 1. The summed E-state index contributed by atoms with van der Waals surface area (Å²) in [6, 6.07) is 3.20. The summed E-state index contributed by atoms with van der Waals surface area (Å²) >= 11 is 0. The number of benzene rings is 1. The van der Waals surface area contributed by atoms with Gasteiger partial charge in [0.25, 0.3) is 0 Å². The number of amides is 2. The van der Waals surface area contributed by atoms with E-state index in [0.29, 0.717) is 37.2 Å². The molecule has 1 saturated heterocycles. The maximum absolute atomic E-state index is 13.2. The first-order valence-electron chi connectivity index (χ1n) is 10.6. The molecule has 30 heavy (non-hydrogen) atoms. The van der Waals surface area contributed by atoms with Crippen LogP contribution in [0.5, 0.6) is 0 Å². The number of piperidine rings is 1. The van der Waals surface area contributed by atoms with Crippen LogP contribution in [0.1, 0.15) is 49.8 Å². The van der Waals surface area contributed by atoms with Crippen molar-refractivity contribution in [3.8, 4) is 0 Å². The minimum absolute atomic E-state index is 0.177. The Morgan fingerprint density at radius 2 is 1.63 bits per heavy atom. The number of carbonyl (C=O) groups is 2. The van der Waals surface area contributed by atoms with E-state index >= 15 is 0 Å². The van der Waals surface area contributed by atoms with Gasteiger partial charge in [0.05, 0.1) is 4.90 Å². The predicted molar refractivity (Wildman–Crippen MR) is 118 cm³/mol. The first-order chi connectivity index (χ1) is 14.0. The normalized spacial score (nSPS) is 17.0. The van der Waals surface area contributed by atoms with Gasteiger partial charge in [0.15, 0.2) is 0 Å². The molecule has 1 aliphatic heterocycles. The third-order valence-corrected chi connectivity index (χ3v) is 7.82. The van der Waals surface area contributed by atoms with Gasteiger partial charge < -0.3 is 10.6 Å². The average molecular weight is 438 g/mol. The molecule has 168 valence electrons. The highest BCUT2D eigenvalue weighted by Crippen LogP contribution is 2.29. The lowest BCUT2D eigenvalue weighted by atomic mass is 9.95. The molecule has 0 saturated carbocycles. The van der Waals surface area contributed by atoms with Crippen molar-refractivity contribution in [2.45, 2.75) is 64.8 Å². The molecule has 1 aromatic rings. The van der Waals surface area contributed by atoms with Crippen LogP contribution >= 0.6 is 0 Å². The van der Waals surface area contributed by atoms with E-state index in [1.54, 1.807) is 7.05 Å². The van der Waals surface area contributed by atoms with E-state index in [0.717, 1.165) is 16.7 Å². The first-order valence-corrected chi connectivity index (χ1v) is 12.0. The molecule has 0 bridgehead atoms. The molecule has 7 nitrogen and oxygen atoms in total. The summed E-state index contributed by atoms with van der Waals surface area (Å²) in [5, 5.41) is 5.46. The molecule has 0 radical (unpaired) electrons. The number of nitrogens with one attached hydrogen (secondary N) is 2. The van der Waals surface area contributed by atoms with E-state index in [1.807, 2.05) is 46.8 Å². The zero-order valence-corrected chi connectivity index (χ0v) is 19.7. The largest absolute Gasteiger partial charge is 0.357 e. The molecular formula is C22H35N3O4S. The molecule has 1 atom stereocenters. The number of hydrogen-bond donors (Lipinski definition) is 2. The molecule has 1 aromatic carbocycles. The minimum atomic E-state index is -3.61. The zero-order chi connectivity index (χ0) is 22.6. The highest BCUT2D eigenvalue weighted by atomic mass is 32.2. The smallest absolute Gasteiger partial charge is 0.243 e. The topological polar surface area (TPSA) is 95.6 Å². The minimum Gasteiger partial charge on any atom is -0.357 e. The van der Waals surface area contributed by atoms with Gasteiger partial charge in [-0.2, -0.15) is 4.31 Å². The quantitative estimate of drug-likeness (QED) is 0.684. The van der Waals surface area contributed by atoms with Crippen molar-refractivity contribution in [1.29, 1.82) is 0 Å². The average Bonchev–Trinajstić information content (AvgIpc) is 2.65. The molecule has 1 aliphatic rings. The molecule has 0 aromatic heterocycles. The second-order valence-electron chi connectivity index (χ2n) is 8.71. The van der Waals surface area contributed by atoms with E-state index in [-0.39, 0.29) is 23.7 Å². The number of carbonyl (C=O) groups excluding carboxylic acids is 2. The summed E-state index contributed by atoms with van der Waals surface area (Å²) in [5.74, 6) is -0.414. The van der Waals surface area contributed by atoms with Gasteiger partial charge in [0, 0.05) is 26.1 Å². The Labute approximate surface area is 180 Å². The molecule has 1 unspecified atom stereocenters. The third kappa shape index (κ3) is 5.60. The van der Waals surface area contributed by atoms with Gasteiger partial charge in [0.1, 0.15) is 6.04 Å². The Balaban J connectivity index is 2.07. The number of rotatable bonds is 7. The van der Waals surface area contributed by atoms with Crippen molar-refractivity contribution in [1.82, 2.24) is 14.9 Å². The Bertz CT molecular complexity index is 865. The lowest BCUT2D eigenvalue weighted by Gasteiger charge is -2.32. The maximum atomic E-state index is 13.2. The van der Waals surface area contributed by atoms with Crippen molar-refractivity contribution in [3.05, 3.63) is 28.8 Å². The Morgan fingerprint density at radius 1 is 1.10 bits per heavy atom. The Kier molecular flexibility index (Phi) is 8.05. The van der Waals surface area contributed by atoms with Gasteiger partial charge in [-0.25, -0.2) is 8.42 Å². The molecule has 1 heterocycles. The van der Waals surface area contributed by atoms with Gasteiger partial charge in [0.2, 0.25) is 21.8 Å². The van der Waals surface area contributed by atoms with Gasteiger partial charge in [-0.3, -0.25) is 9.59 Å². The van der Waals surface area contributed by atoms with Crippen molar-refractivity contribution < 1.29 is 18.0 Å². The van der Waals surface area contributed by atoms with Gasteiger partial charge in [-0.05, 0) is 57.1 Å². The van der Waals surface area contributed by atoms with E-state index in [1.165, 1.54) is 4.31 Å². The van der Waals surface area contributed by atoms with Crippen LogP contribution in [-0.2, 0) is 19.6 Å². The second kappa shape index (κ2) is 9.92.